The fraction of sp³-hybridized carbons (Fsp3) is 0.188. The first-order valence-corrected chi connectivity index (χ1v) is 6.37. The SMILES string of the molecule is CCOC(=O)c1ccc(-c2ccccc2)c(C(F)(F)F)c1. The van der Waals surface area contributed by atoms with Crippen LogP contribution in [-0.2, 0) is 10.9 Å². The van der Waals surface area contributed by atoms with Gasteiger partial charge in [0.15, 0.2) is 0 Å². The van der Waals surface area contributed by atoms with Gasteiger partial charge < -0.3 is 4.74 Å². The van der Waals surface area contributed by atoms with Crippen molar-refractivity contribution in [1.29, 1.82) is 0 Å². The van der Waals surface area contributed by atoms with Crippen LogP contribution in [0.1, 0.15) is 22.8 Å². The number of hydrogen-bond donors (Lipinski definition) is 0. The van der Waals surface area contributed by atoms with Gasteiger partial charge in [0, 0.05) is 0 Å². The molecule has 5 heteroatoms. The minimum absolute atomic E-state index is 0.0381. The zero-order valence-electron chi connectivity index (χ0n) is 11.3. The second-order valence-corrected chi connectivity index (χ2v) is 4.34. The molecule has 0 fully saturated rings. The third kappa shape index (κ3) is 3.42. The normalized spacial score (nSPS) is 11.2. The molecule has 110 valence electrons. The Morgan fingerprint density at radius 1 is 1.10 bits per heavy atom. The predicted octanol–water partition coefficient (Wildman–Crippen LogP) is 4.55. The molecule has 0 aliphatic rings. The lowest BCUT2D eigenvalue weighted by molar-refractivity contribution is -0.137. The van der Waals surface area contributed by atoms with Crippen molar-refractivity contribution in [2.45, 2.75) is 13.1 Å². The number of esters is 1. The van der Waals surface area contributed by atoms with E-state index < -0.39 is 17.7 Å². The number of rotatable bonds is 3. The van der Waals surface area contributed by atoms with Crippen LogP contribution < -0.4 is 0 Å². The lowest BCUT2D eigenvalue weighted by Crippen LogP contribution is -2.11. The Balaban J connectivity index is 2.55. The van der Waals surface area contributed by atoms with E-state index in [-0.39, 0.29) is 17.7 Å². The highest BCUT2D eigenvalue weighted by atomic mass is 19.4. The van der Waals surface area contributed by atoms with Crippen molar-refractivity contribution in [2.75, 3.05) is 6.61 Å². The molecule has 0 amide bonds. The maximum absolute atomic E-state index is 13.2. The van der Waals surface area contributed by atoms with E-state index in [9.17, 15) is 18.0 Å². The molecule has 0 saturated carbocycles. The summed E-state index contributed by atoms with van der Waals surface area (Å²) in [5, 5.41) is 0. The van der Waals surface area contributed by atoms with Crippen molar-refractivity contribution in [1.82, 2.24) is 0 Å². The molecule has 0 aliphatic carbocycles. The Morgan fingerprint density at radius 2 is 1.76 bits per heavy atom. The molecule has 0 heterocycles. The van der Waals surface area contributed by atoms with Crippen LogP contribution in [0.5, 0.6) is 0 Å². The summed E-state index contributed by atoms with van der Waals surface area (Å²) in [5.41, 5.74) is -0.473. The molecule has 0 saturated heterocycles. The zero-order valence-corrected chi connectivity index (χ0v) is 11.3. The van der Waals surface area contributed by atoms with Gasteiger partial charge in [-0.15, -0.1) is 0 Å². The molecule has 2 aromatic rings. The van der Waals surface area contributed by atoms with Gasteiger partial charge in [-0.05, 0) is 30.2 Å². The first kappa shape index (κ1) is 15.1. The van der Waals surface area contributed by atoms with Crippen molar-refractivity contribution in [2.24, 2.45) is 0 Å². The molecule has 0 radical (unpaired) electrons. The Morgan fingerprint density at radius 3 is 2.33 bits per heavy atom. The molecule has 0 unspecified atom stereocenters. The fourth-order valence-electron chi connectivity index (χ4n) is 1.99. The molecule has 0 atom stereocenters. The topological polar surface area (TPSA) is 26.3 Å². The highest BCUT2D eigenvalue weighted by molar-refractivity contribution is 5.90. The van der Waals surface area contributed by atoms with Crippen LogP contribution in [0.15, 0.2) is 48.5 Å². The maximum Gasteiger partial charge on any atom is 0.417 e. The van der Waals surface area contributed by atoms with Crippen molar-refractivity contribution in [3.63, 3.8) is 0 Å². The molecular weight excluding hydrogens is 281 g/mol. The number of halogens is 3. The highest BCUT2D eigenvalue weighted by Crippen LogP contribution is 2.37. The van der Waals surface area contributed by atoms with Gasteiger partial charge in [-0.3, -0.25) is 0 Å². The average Bonchev–Trinajstić information content (AvgIpc) is 2.47. The summed E-state index contributed by atoms with van der Waals surface area (Å²) in [5.74, 6) is -0.761. The quantitative estimate of drug-likeness (QED) is 0.776. The Kier molecular flexibility index (Phi) is 4.31. The summed E-state index contributed by atoms with van der Waals surface area (Å²) in [7, 11) is 0. The smallest absolute Gasteiger partial charge is 0.417 e. The van der Waals surface area contributed by atoms with Gasteiger partial charge in [0.2, 0.25) is 0 Å². The Hall–Kier alpha value is -2.30. The standard InChI is InChI=1S/C16H13F3O2/c1-2-21-15(20)12-8-9-13(11-6-4-3-5-7-11)14(10-12)16(17,18)19/h3-10H,2H2,1H3. The number of hydrogen-bond acceptors (Lipinski definition) is 2. The van der Waals surface area contributed by atoms with Crippen molar-refractivity contribution in [3.8, 4) is 11.1 Å². The van der Waals surface area contributed by atoms with Gasteiger partial charge >= 0.3 is 12.1 Å². The first-order valence-electron chi connectivity index (χ1n) is 6.37. The number of carbonyl (C=O) groups excluding carboxylic acids is 1. The van der Waals surface area contributed by atoms with Crippen LogP contribution in [0.3, 0.4) is 0 Å². The number of alkyl halides is 3. The van der Waals surface area contributed by atoms with Gasteiger partial charge in [-0.1, -0.05) is 36.4 Å². The van der Waals surface area contributed by atoms with E-state index in [2.05, 4.69) is 0 Å². The third-order valence-electron chi connectivity index (χ3n) is 2.92. The van der Waals surface area contributed by atoms with E-state index in [4.69, 9.17) is 4.74 Å². The van der Waals surface area contributed by atoms with Crippen molar-refractivity contribution < 1.29 is 22.7 Å². The summed E-state index contributed by atoms with van der Waals surface area (Å²) in [4.78, 5) is 11.6. The predicted molar refractivity (Wildman–Crippen MR) is 72.8 cm³/mol. The lowest BCUT2D eigenvalue weighted by atomic mass is 9.97. The molecule has 21 heavy (non-hydrogen) atoms. The number of carbonyl (C=O) groups is 1. The van der Waals surface area contributed by atoms with Crippen LogP contribution in [0, 0.1) is 0 Å². The van der Waals surface area contributed by atoms with Crippen LogP contribution in [0.4, 0.5) is 13.2 Å². The molecule has 2 aromatic carbocycles. The Labute approximate surface area is 120 Å². The van der Waals surface area contributed by atoms with E-state index in [1.807, 2.05) is 0 Å². The monoisotopic (exact) mass is 294 g/mol. The zero-order chi connectivity index (χ0) is 15.5. The molecule has 2 nitrogen and oxygen atoms in total. The molecule has 0 bridgehead atoms. The molecular formula is C16H13F3O2. The van der Waals surface area contributed by atoms with Crippen molar-refractivity contribution in [3.05, 3.63) is 59.7 Å². The largest absolute Gasteiger partial charge is 0.462 e. The molecule has 0 aromatic heterocycles. The van der Waals surface area contributed by atoms with Crippen LogP contribution in [0.25, 0.3) is 11.1 Å². The molecule has 0 spiro atoms. The van der Waals surface area contributed by atoms with Gasteiger partial charge in [0.1, 0.15) is 0 Å². The van der Waals surface area contributed by atoms with E-state index in [1.165, 1.54) is 12.1 Å². The molecule has 0 aliphatic heterocycles. The summed E-state index contributed by atoms with van der Waals surface area (Å²) in [6, 6.07) is 11.7. The van der Waals surface area contributed by atoms with Crippen molar-refractivity contribution >= 4 is 5.97 Å². The fourth-order valence-corrected chi connectivity index (χ4v) is 1.99. The number of ether oxygens (including phenoxy) is 1. The van der Waals surface area contributed by atoms with Gasteiger partial charge in [-0.2, -0.15) is 13.2 Å². The average molecular weight is 294 g/mol. The van der Waals surface area contributed by atoms with Crippen LogP contribution in [0.2, 0.25) is 0 Å². The van der Waals surface area contributed by atoms with Crippen LogP contribution >= 0.6 is 0 Å². The van der Waals surface area contributed by atoms with Gasteiger partial charge in [0.05, 0.1) is 17.7 Å². The minimum atomic E-state index is -4.55. The minimum Gasteiger partial charge on any atom is -0.462 e. The second-order valence-electron chi connectivity index (χ2n) is 4.34. The highest BCUT2D eigenvalue weighted by Gasteiger charge is 2.34. The van der Waals surface area contributed by atoms with Gasteiger partial charge in [-0.25, -0.2) is 4.79 Å². The summed E-state index contributed by atoms with van der Waals surface area (Å²) in [6.07, 6.45) is -4.55. The second kappa shape index (κ2) is 5.99. The lowest BCUT2D eigenvalue weighted by Gasteiger charge is -2.14. The Bertz CT molecular complexity index is 634. The summed E-state index contributed by atoms with van der Waals surface area (Å²) < 4.78 is 44.4. The first-order chi connectivity index (χ1) is 9.93. The van der Waals surface area contributed by atoms with E-state index in [1.54, 1.807) is 37.3 Å². The van der Waals surface area contributed by atoms with E-state index >= 15 is 0 Å². The van der Waals surface area contributed by atoms with Gasteiger partial charge in [0.25, 0.3) is 0 Å². The molecule has 0 N–H and O–H groups in total. The molecule has 2 rings (SSSR count). The maximum atomic E-state index is 13.2. The number of benzene rings is 2. The summed E-state index contributed by atoms with van der Waals surface area (Å²) >= 11 is 0. The summed E-state index contributed by atoms with van der Waals surface area (Å²) in [6.45, 7) is 1.71. The van der Waals surface area contributed by atoms with E-state index in [0.29, 0.717) is 5.56 Å². The third-order valence-corrected chi connectivity index (χ3v) is 2.92. The van der Waals surface area contributed by atoms with Crippen LogP contribution in [-0.4, -0.2) is 12.6 Å². The van der Waals surface area contributed by atoms with E-state index in [0.717, 1.165) is 6.07 Å².